The van der Waals surface area contributed by atoms with E-state index >= 15 is 0 Å². The van der Waals surface area contributed by atoms with Crippen molar-refractivity contribution in [3.05, 3.63) is 0 Å². The summed E-state index contributed by atoms with van der Waals surface area (Å²) in [6.07, 6.45) is 7.96. The standard InChI is InChI=1S/C11H24N2O/c1-14-11-8-10(9-11)13-7-5-3-2-4-6-12/h10-11,13H,2-9,12H2,1H3. The van der Waals surface area contributed by atoms with Crippen molar-refractivity contribution in [1.29, 1.82) is 0 Å². The maximum Gasteiger partial charge on any atom is 0.0601 e. The van der Waals surface area contributed by atoms with Gasteiger partial charge in [-0.05, 0) is 38.8 Å². The van der Waals surface area contributed by atoms with E-state index in [4.69, 9.17) is 10.5 Å². The molecule has 3 nitrogen and oxygen atoms in total. The third kappa shape index (κ3) is 4.40. The van der Waals surface area contributed by atoms with Crippen LogP contribution < -0.4 is 11.1 Å². The second-order valence-electron chi connectivity index (χ2n) is 4.18. The summed E-state index contributed by atoms with van der Waals surface area (Å²) in [7, 11) is 1.80. The fourth-order valence-electron chi connectivity index (χ4n) is 1.85. The first-order valence-corrected chi connectivity index (χ1v) is 5.83. The quantitative estimate of drug-likeness (QED) is 0.580. The highest BCUT2D eigenvalue weighted by atomic mass is 16.5. The third-order valence-electron chi connectivity index (χ3n) is 2.99. The van der Waals surface area contributed by atoms with Gasteiger partial charge in [0.25, 0.3) is 0 Å². The maximum absolute atomic E-state index is 5.42. The van der Waals surface area contributed by atoms with Crippen LogP contribution in [-0.4, -0.2) is 32.3 Å². The minimum Gasteiger partial charge on any atom is -0.381 e. The lowest BCUT2D eigenvalue weighted by Gasteiger charge is -2.34. The first-order valence-electron chi connectivity index (χ1n) is 5.83. The van der Waals surface area contributed by atoms with E-state index in [1.807, 2.05) is 0 Å². The van der Waals surface area contributed by atoms with E-state index in [-0.39, 0.29) is 0 Å². The Morgan fingerprint density at radius 2 is 1.93 bits per heavy atom. The van der Waals surface area contributed by atoms with Crippen molar-refractivity contribution in [3.63, 3.8) is 0 Å². The lowest BCUT2D eigenvalue weighted by Crippen LogP contribution is -2.45. The van der Waals surface area contributed by atoms with Crippen LogP contribution in [0, 0.1) is 0 Å². The van der Waals surface area contributed by atoms with Crippen LogP contribution in [0.4, 0.5) is 0 Å². The number of rotatable bonds is 8. The van der Waals surface area contributed by atoms with Crippen LogP contribution in [0.3, 0.4) is 0 Å². The number of methoxy groups -OCH3 is 1. The molecule has 0 aromatic heterocycles. The van der Waals surface area contributed by atoms with E-state index in [1.165, 1.54) is 38.5 Å². The fraction of sp³-hybridized carbons (Fsp3) is 1.00. The zero-order chi connectivity index (χ0) is 10.2. The van der Waals surface area contributed by atoms with Crippen LogP contribution in [0.25, 0.3) is 0 Å². The molecule has 0 bridgehead atoms. The van der Waals surface area contributed by atoms with Gasteiger partial charge in [0.2, 0.25) is 0 Å². The first-order chi connectivity index (χ1) is 6.86. The largest absolute Gasteiger partial charge is 0.381 e. The summed E-state index contributed by atoms with van der Waals surface area (Å²) >= 11 is 0. The van der Waals surface area contributed by atoms with E-state index in [0.29, 0.717) is 6.10 Å². The topological polar surface area (TPSA) is 47.3 Å². The average molecular weight is 200 g/mol. The van der Waals surface area contributed by atoms with Crippen LogP contribution in [0.2, 0.25) is 0 Å². The number of unbranched alkanes of at least 4 members (excludes halogenated alkanes) is 3. The molecule has 1 fully saturated rings. The summed E-state index contributed by atoms with van der Waals surface area (Å²) in [4.78, 5) is 0. The van der Waals surface area contributed by atoms with Gasteiger partial charge in [-0.3, -0.25) is 0 Å². The van der Waals surface area contributed by atoms with Gasteiger partial charge in [-0.15, -0.1) is 0 Å². The Hall–Kier alpha value is -0.120. The highest BCUT2D eigenvalue weighted by Crippen LogP contribution is 2.22. The SMILES string of the molecule is COC1CC(NCCCCCCN)C1. The first kappa shape index (κ1) is 12.0. The minimum absolute atomic E-state index is 0.518. The molecule has 0 saturated heterocycles. The van der Waals surface area contributed by atoms with E-state index in [0.717, 1.165) is 19.1 Å². The molecule has 14 heavy (non-hydrogen) atoms. The second-order valence-corrected chi connectivity index (χ2v) is 4.18. The maximum atomic E-state index is 5.42. The normalized spacial score (nSPS) is 26.1. The molecule has 1 saturated carbocycles. The summed E-state index contributed by atoms with van der Waals surface area (Å²) < 4.78 is 5.22. The summed E-state index contributed by atoms with van der Waals surface area (Å²) in [6.45, 7) is 2.00. The monoisotopic (exact) mass is 200 g/mol. The highest BCUT2D eigenvalue weighted by molar-refractivity contribution is 4.85. The van der Waals surface area contributed by atoms with Gasteiger partial charge in [0.1, 0.15) is 0 Å². The molecule has 1 rings (SSSR count). The van der Waals surface area contributed by atoms with Crippen LogP contribution in [0.5, 0.6) is 0 Å². The molecule has 0 aliphatic heterocycles. The van der Waals surface area contributed by atoms with E-state index in [1.54, 1.807) is 7.11 Å². The molecule has 0 amide bonds. The third-order valence-corrected chi connectivity index (χ3v) is 2.99. The molecular weight excluding hydrogens is 176 g/mol. The van der Waals surface area contributed by atoms with Crippen molar-refractivity contribution >= 4 is 0 Å². The Kier molecular flexibility index (Phi) is 6.15. The number of hydrogen-bond acceptors (Lipinski definition) is 3. The van der Waals surface area contributed by atoms with Gasteiger partial charge in [0, 0.05) is 13.2 Å². The molecule has 84 valence electrons. The van der Waals surface area contributed by atoms with E-state index in [2.05, 4.69) is 5.32 Å². The van der Waals surface area contributed by atoms with Crippen LogP contribution in [0.15, 0.2) is 0 Å². The molecule has 3 heteroatoms. The Bertz CT molecular complexity index is 135. The summed E-state index contributed by atoms with van der Waals surface area (Å²) in [5, 5.41) is 3.55. The predicted molar refractivity (Wildman–Crippen MR) is 59.3 cm³/mol. The Labute approximate surface area is 87.4 Å². The Morgan fingerprint density at radius 1 is 1.21 bits per heavy atom. The lowest BCUT2D eigenvalue weighted by molar-refractivity contribution is 0.0175. The molecule has 3 N–H and O–H groups in total. The molecule has 0 spiro atoms. The van der Waals surface area contributed by atoms with Crippen molar-refractivity contribution in [2.24, 2.45) is 5.73 Å². The van der Waals surface area contributed by atoms with Gasteiger partial charge < -0.3 is 15.8 Å². The summed E-state index contributed by atoms with van der Waals surface area (Å²) in [5.41, 5.74) is 5.42. The van der Waals surface area contributed by atoms with Gasteiger partial charge in [-0.25, -0.2) is 0 Å². The number of nitrogens with one attached hydrogen (secondary N) is 1. The Balaban J connectivity index is 1.77. The molecule has 0 unspecified atom stereocenters. The van der Waals surface area contributed by atoms with Crippen molar-refractivity contribution in [2.75, 3.05) is 20.2 Å². The molecule has 1 aliphatic rings. The van der Waals surface area contributed by atoms with Gasteiger partial charge >= 0.3 is 0 Å². The second kappa shape index (κ2) is 7.21. The molecule has 0 atom stereocenters. The van der Waals surface area contributed by atoms with Crippen molar-refractivity contribution in [2.45, 2.75) is 50.7 Å². The summed E-state index contributed by atoms with van der Waals surface area (Å²) in [5.74, 6) is 0. The zero-order valence-electron chi connectivity index (χ0n) is 9.30. The highest BCUT2D eigenvalue weighted by Gasteiger charge is 2.27. The predicted octanol–water partition coefficient (Wildman–Crippen LogP) is 1.27. The molecular formula is C11H24N2O. The van der Waals surface area contributed by atoms with Crippen molar-refractivity contribution in [3.8, 4) is 0 Å². The van der Waals surface area contributed by atoms with Crippen molar-refractivity contribution in [1.82, 2.24) is 5.32 Å². The van der Waals surface area contributed by atoms with Crippen LogP contribution in [-0.2, 0) is 4.74 Å². The number of hydrogen-bond donors (Lipinski definition) is 2. The Morgan fingerprint density at radius 3 is 2.57 bits per heavy atom. The van der Waals surface area contributed by atoms with Gasteiger partial charge in [-0.1, -0.05) is 12.8 Å². The van der Waals surface area contributed by atoms with Crippen LogP contribution >= 0.6 is 0 Å². The fourth-order valence-corrected chi connectivity index (χ4v) is 1.85. The van der Waals surface area contributed by atoms with Gasteiger partial charge in [-0.2, -0.15) is 0 Å². The number of nitrogens with two attached hydrogens (primary N) is 1. The zero-order valence-corrected chi connectivity index (χ0v) is 9.30. The molecule has 0 aromatic carbocycles. The van der Waals surface area contributed by atoms with E-state index in [9.17, 15) is 0 Å². The molecule has 0 aromatic rings. The molecule has 0 heterocycles. The molecule has 0 radical (unpaired) electrons. The van der Waals surface area contributed by atoms with E-state index < -0.39 is 0 Å². The minimum atomic E-state index is 0.518. The van der Waals surface area contributed by atoms with Gasteiger partial charge in [0.05, 0.1) is 6.10 Å². The van der Waals surface area contributed by atoms with Crippen molar-refractivity contribution < 1.29 is 4.74 Å². The average Bonchev–Trinajstić information content (AvgIpc) is 2.14. The summed E-state index contributed by atoms with van der Waals surface area (Å²) in [6, 6.07) is 0.717. The van der Waals surface area contributed by atoms with Gasteiger partial charge in [0.15, 0.2) is 0 Å². The molecule has 1 aliphatic carbocycles. The lowest BCUT2D eigenvalue weighted by atomic mass is 9.89. The number of ether oxygens (including phenoxy) is 1. The van der Waals surface area contributed by atoms with Crippen LogP contribution in [0.1, 0.15) is 38.5 Å². The smallest absolute Gasteiger partial charge is 0.0601 e.